The zero-order valence-corrected chi connectivity index (χ0v) is 7.74. The lowest BCUT2D eigenvalue weighted by Gasteiger charge is -2.14. The lowest BCUT2D eigenvalue weighted by Crippen LogP contribution is -2.34. The molecular formula is C9H10N2O3. The van der Waals surface area contributed by atoms with E-state index in [1.54, 1.807) is 16.8 Å². The van der Waals surface area contributed by atoms with Crippen LogP contribution in [0, 0.1) is 0 Å². The van der Waals surface area contributed by atoms with E-state index in [0.29, 0.717) is 24.3 Å². The number of amides is 1. The van der Waals surface area contributed by atoms with E-state index in [0.717, 1.165) is 0 Å². The molecule has 2 heterocycles. The Morgan fingerprint density at radius 2 is 2.43 bits per heavy atom. The number of ether oxygens (including phenoxy) is 1. The molecule has 0 radical (unpaired) electrons. The van der Waals surface area contributed by atoms with Crippen molar-refractivity contribution in [2.24, 2.45) is 0 Å². The highest BCUT2D eigenvalue weighted by molar-refractivity contribution is 5.97. The van der Waals surface area contributed by atoms with Crippen molar-refractivity contribution in [2.45, 2.75) is 6.54 Å². The smallest absolute Gasteiger partial charge is 0.339 e. The normalized spacial score (nSPS) is 14.5. The average molecular weight is 194 g/mol. The summed E-state index contributed by atoms with van der Waals surface area (Å²) in [6.45, 7) is 1.29. The molecule has 0 fully saturated rings. The Kier molecular flexibility index (Phi) is 1.99. The Labute approximate surface area is 80.7 Å². The van der Waals surface area contributed by atoms with E-state index in [1.165, 1.54) is 7.11 Å². The first-order valence-corrected chi connectivity index (χ1v) is 4.29. The third-order valence-corrected chi connectivity index (χ3v) is 2.19. The largest absolute Gasteiger partial charge is 0.465 e. The molecule has 14 heavy (non-hydrogen) atoms. The van der Waals surface area contributed by atoms with Gasteiger partial charge in [-0.2, -0.15) is 0 Å². The number of carbonyl (C=O) groups excluding carboxylic acids is 2. The average Bonchev–Trinajstić information content (AvgIpc) is 2.62. The number of esters is 1. The molecule has 0 saturated carbocycles. The van der Waals surface area contributed by atoms with Crippen molar-refractivity contribution in [1.82, 2.24) is 9.88 Å². The predicted molar refractivity (Wildman–Crippen MR) is 48.1 cm³/mol. The van der Waals surface area contributed by atoms with Crippen LogP contribution in [0.4, 0.5) is 0 Å². The third kappa shape index (κ3) is 1.26. The molecule has 5 nitrogen and oxygen atoms in total. The van der Waals surface area contributed by atoms with Crippen LogP contribution in [0.5, 0.6) is 0 Å². The van der Waals surface area contributed by atoms with E-state index in [9.17, 15) is 9.59 Å². The number of aromatic nitrogens is 1. The third-order valence-electron chi connectivity index (χ3n) is 2.19. The van der Waals surface area contributed by atoms with Crippen molar-refractivity contribution in [3.05, 3.63) is 23.5 Å². The van der Waals surface area contributed by atoms with Crippen molar-refractivity contribution in [1.29, 1.82) is 0 Å². The van der Waals surface area contributed by atoms with Gasteiger partial charge in [-0.15, -0.1) is 0 Å². The van der Waals surface area contributed by atoms with Crippen LogP contribution in [0.25, 0.3) is 0 Å². The number of rotatable bonds is 1. The first-order chi connectivity index (χ1) is 6.72. The minimum Gasteiger partial charge on any atom is -0.465 e. The number of methoxy groups -OCH3 is 1. The topological polar surface area (TPSA) is 60.3 Å². The maximum absolute atomic E-state index is 11.3. The summed E-state index contributed by atoms with van der Waals surface area (Å²) in [5.41, 5.74) is 0.927. The van der Waals surface area contributed by atoms with Gasteiger partial charge < -0.3 is 14.6 Å². The molecular weight excluding hydrogens is 184 g/mol. The summed E-state index contributed by atoms with van der Waals surface area (Å²) < 4.78 is 6.32. The SMILES string of the molecule is COC(=O)c1cc2n(c1)CCNC2=O. The van der Waals surface area contributed by atoms with Gasteiger partial charge in [-0.05, 0) is 6.07 Å². The second kappa shape index (κ2) is 3.17. The molecule has 0 atom stereocenters. The predicted octanol–water partition coefficient (Wildman–Crippen LogP) is 0.0181. The zero-order valence-electron chi connectivity index (χ0n) is 7.74. The second-order valence-electron chi connectivity index (χ2n) is 3.05. The highest BCUT2D eigenvalue weighted by Crippen LogP contribution is 2.12. The van der Waals surface area contributed by atoms with Crippen molar-refractivity contribution in [2.75, 3.05) is 13.7 Å². The molecule has 1 aliphatic heterocycles. The Balaban J connectivity index is 2.40. The number of carbonyl (C=O) groups is 2. The van der Waals surface area contributed by atoms with Crippen LogP contribution in [-0.4, -0.2) is 30.1 Å². The minimum absolute atomic E-state index is 0.147. The molecule has 1 aromatic heterocycles. The Bertz CT molecular complexity index is 395. The summed E-state index contributed by atoms with van der Waals surface area (Å²) >= 11 is 0. The van der Waals surface area contributed by atoms with Crippen molar-refractivity contribution in [3.8, 4) is 0 Å². The lowest BCUT2D eigenvalue weighted by atomic mass is 10.3. The molecule has 0 spiro atoms. The van der Waals surface area contributed by atoms with Crippen molar-refractivity contribution < 1.29 is 14.3 Å². The van der Waals surface area contributed by atoms with E-state index in [-0.39, 0.29) is 5.91 Å². The summed E-state index contributed by atoms with van der Waals surface area (Å²) in [6, 6.07) is 1.54. The first kappa shape index (κ1) is 8.80. The molecule has 1 N–H and O–H groups in total. The first-order valence-electron chi connectivity index (χ1n) is 4.29. The molecule has 74 valence electrons. The van der Waals surface area contributed by atoms with E-state index >= 15 is 0 Å². The van der Waals surface area contributed by atoms with Gasteiger partial charge in [0.2, 0.25) is 0 Å². The number of nitrogens with one attached hydrogen (secondary N) is 1. The summed E-state index contributed by atoms with van der Waals surface area (Å²) in [5.74, 6) is -0.564. The molecule has 5 heteroatoms. The summed E-state index contributed by atoms with van der Waals surface area (Å²) in [4.78, 5) is 22.5. The van der Waals surface area contributed by atoms with Gasteiger partial charge in [0, 0.05) is 19.3 Å². The fourth-order valence-corrected chi connectivity index (χ4v) is 1.50. The Morgan fingerprint density at radius 3 is 3.07 bits per heavy atom. The van der Waals surface area contributed by atoms with Crippen LogP contribution in [-0.2, 0) is 11.3 Å². The van der Waals surface area contributed by atoms with Crippen LogP contribution >= 0.6 is 0 Å². The van der Waals surface area contributed by atoms with Crippen LogP contribution < -0.4 is 5.32 Å². The van der Waals surface area contributed by atoms with Gasteiger partial charge in [0.25, 0.3) is 5.91 Å². The van der Waals surface area contributed by atoms with Crippen LogP contribution in [0.15, 0.2) is 12.3 Å². The molecule has 0 bridgehead atoms. The van der Waals surface area contributed by atoms with E-state index in [1.807, 2.05) is 0 Å². The molecule has 1 aromatic rings. The number of fused-ring (bicyclic) bond motifs is 1. The van der Waals surface area contributed by atoms with Crippen LogP contribution in [0.3, 0.4) is 0 Å². The Morgan fingerprint density at radius 1 is 1.64 bits per heavy atom. The maximum Gasteiger partial charge on any atom is 0.339 e. The summed E-state index contributed by atoms with van der Waals surface area (Å²) in [6.07, 6.45) is 1.64. The molecule has 1 aliphatic rings. The summed E-state index contributed by atoms with van der Waals surface area (Å²) in [7, 11) is 1.32. The standard InChI is InChI=1S/C9H10N2O3/c1-14-9(13)6-4-7-8(12)10-2-3-11(7)5-6/h4-5H,2-3H2,1H3,(H,10,12). The lowest BCUT2D eigenvalue weighted by molar-refractivity contribution is 0.0600. The van der Waals surface area contributed by atoms with Gasteiger partial charge in [0.15, 0.2) is 0 Å². The van der Waals surface area contributed by atoms with Crippen LogP contribution in [0.1, 0.15) is 20.8 Å². The molecule has 0 unspecified atom stereocenters. The fraction of sp³-hybridized carbons (Fsp3) is 0.333. The monoisotopic (exact) mass is 194 g/mol. The molecule has 1 amide bonds. The highest BCUT2D eigenvalue weighted by Gasteiger charge is 2.20. The fourth-order valence-electron chi connectivity index (χ4n) is 1.50. The Hall–Kier alpha value is -1.78. The van der Waals surface area contributed by atoms with Gasteiger partial charge in [-0.1, -0.05) is 0 Å². The molecule has 0 aromatic carbocycles. The van der Waals surface area contributed by atoms with Gasteiger partial charge in [0.1, 0.15) is 5.69 Å². The number of hydrogen-bond donors (Lipinski definition) is 1. The second-order valence-corrected chi connectivity index (χ2v) is 3.05. The number of nitrogens with zero attached hydrogens (tertiary/aromatic N) is 1. The molecule has 2 rings (SSSR count). The van der Waals surface area contributed by atoms with E-state index in [4.69, 9.17) is 0 Å². The van der Waals surface area contributed by atoms with E-state index < -0.39 is 5.97 Å². The van der Waals surface area contributed by atoms with Crippen LogP contribution in [0.2, 0.25) is 0 Å². The van der Waals surface area contributed by atoms with Crippen molar-refractivity contribution >= 4 is 11.9 Å². The quantitative estimate of drug-likeness (QED) is 0.641. The highest BCUT2D eigenvalue weighted by atomic mass is 16.5. The minimum atomic E-state index is -0.417. The van der Waals surface area contributed by atoms with Gasteiger partial charge in [-0.3, -0.25) is 4.79 Å². The van der Waals surface area contributed by atoms with Gasteiger partial charge in [-0.25, -0.2) is 4.79 Å². The van der Waals surface area contributed by atoms with Crippen molar-refractivity contribution in [3.63, 3.8) is 0 Å². The molecule has 0 saturated heterocycles. The summed E-state index contributed by atoms with van der Waals surface area (Å²) in [5, 5.41) is 2.70. The maximum atomic E-state index is 11.3. The van der Waals surface area contributed by atoms with E-state index in [2.05, 4.69) is 10.1 Å². The number of hydrogen-bond acceptors (Lipinski definition) is 3. The van der Waals surface area contributed by atoms with Gasteiger partial charge >= 0.3 is 5.97 Å². The molecule has 0 aliphatic carbocycles. The van der Waals surface area contributed by atoms with Gasteiger partial charge in [0.05, 0.1) is 12.7 Å². The zero-order chi connectivity index (χ0) is 10.1.